The number of nitrogens with two attached hydrogens (primary N) is 1. The Hall–Kier alpha value is -3.16. The van der Waals surface area contributed by atoms with Crippen molar-refractivity contribution in [2.75, 3.05) is 32.6 Å². The summed E-state index contributed by atoms with van der Waals surface area (Å²) in [6, 6.07) is 13.5. The first-order chi connectivity index (χ1) is 14.6. The third-order valence-corrected chi connectivity index (χ3v) is 4.86. The van der Waals surface area contributed by atoms with Gasteiger partial charge < -0.3 is 25.8 Å². The van der Waals surface area contributed by atoms with Gasteiger partial charge in [-0.3, -0.25) is 9.78 Å². The Kier molecular flexibility index (Phi) is 7.21. The molecule has 7 heteroatoms. The van der Waals surface area contributed by atoms with Crippen molar-refractivity contribution in [3.8, 4) is 5.75 Å². The Labute approximate surface area is 176 Å². The van der Waals surface area contributed by atoms with Gasteiger partial charge in [0.1, 0.15) is 5.75 Å². The summed E-state index contributed by atoms with van der Waals surface area (Å²) in [7, 11) is 3.56. The van der Waals surface area contributed by atoms with Gasteiger partial charge in [0.15, 0.2) is 0 Å². The molecule has 1 atom stereocenters. The van der Waals surface area contributed by atoms with Gasteiger partial charge in [-0.2, -0.15) is 0 Å². The lowest BCUT2D eigenvalue weighted by molar-refractivity contribution is 0.100. The van der Waals surface area contributed by atoms with E-state index in [1.165, 1.54) is 0 Å². The van der Waals surface area contributed by atoms with Crippen molar-refractivity contribution in [2.45, 2.75) is 19.6 Å². The largest absolute Gasteiger partial charge is 0.494 e. The lowest BCUT2D eigenvalue weighted by Gasteiger charge is -2.24. The number of methoxy groups -OCH3 is 1. The number of nitrogens with one attached hydrogen (secondary N) is 2. The Morgan fingerprint density at radius 2 is 1.97 bits per heavy atom. The first kappa shape index (κ1) is 21.5. The molecule has 0 spiro atoms. The number of nitrogens with zero attached hydrogens (tertiary/aromatic N) is 1. The number of carbonyl (C=O) groups is 1. The van der Waals surface area contributed by atoms with Crippen molar-refractivity contribution < 1.29 is 14.3 Å². The molecule has 0 saturated carbocycles. The molecule has 4 N–H and O–H groups in total. The van der Waals surface area contributed by atoms with Crippen LogP contribution >= 0.6 is 0 Å². The fourth-order valence-corrected chi connectivity index (χ4v) is 3.49. The number of ether oxygens (including phenoxy) is 2. The molecule has 1 heterocycles. The Morgan fingerprint density at radius 3 is 2.60 bits per heavy atom. The van der Waals surface area contributed by atoms with E-state index in [9.17, 15) is 4.79 Å². The number of benzene rings is 2. The fourth-order valence-electron chi connectivity index (χ4n) is 3.49. The number of likely N-dealkylation sites (N-methyl/N-ethyl adjacent to an activating group) is 1. The Balaban J connectivity index is 2.06. The number of anilines is 1. The number of pyridine rings is 1. The second kappa shape index (κ2) is 10.0. The van der Waals surface area contributed by atoms with E-state index >= 15 is 0 Å². The molecule has 0 aliphatic carbocycles. The average molecular weight is 409 g/mol. The number of hydrogen-bond donors (Lipinski definition) is 3. The first-order valence-electron chi connectivity index (χ1n) is 9.92. The number of para-hydroxylation sites is 1. The molecular formula is C23H28N4O3. The summed E-state index contributed by atoms with van der Waals surface area (Å²) >= 11 is 0. The molecule has 2 aromatic carbocycles. The van der Waals surface area contributed by atoms with Crippen LogP contribution < -0.4 is 21.1 Å². The summed E-state index contributed by atoms with van der Waals surface area (Å²) in [6.45, 7) is 3.68. The van der Waals surface area contributed by atoms with Crippen LogP contribution in [-0.4, -0.2) is 38.2 Å². The van der Waals surface area contributed by atoms with E-state index < -0.39 is 5.91 Å². The zero-order chi connectivity index (χ0) is 21.5. The molecule has 3 rings (SSSR count). The fraction of sp³-hybridized carbons (Fsp3) is 0.304. The van der Waals surface area contributed by atoms with Gasteiger partial charge in [0.2, 0.25) is 0 Å². The van der Waals surface area contributed by atoms with E-state index in [-0.39, 0.29) is 6.04 Å². The van der Waals surface area contributed by atoms with Gasteiger partial charge in [0.25, 0.3) is 5.91 Å². The van der Waals surface area contributed by atoms with Crippen LogP contribution in [0.2, 0.25) is 0 Å². The smallest absolute Gasteiger partial charge is 0.250 e. The van der Waals surface area contributed by atoms with Gasteiger partial charge in [0.05, 0.1) is 36.0 Å². The topological polar surface area (TPSA) is 98.5 Å². The molecule has 7 nitrogen and oxygen atoms in total. The number of rotatable bonds is 10. The second-order valence-corrected chi connectivity index (χ2v) is 6.91. The molecule has 1 unspecified atom stereocenters. The first-order valence-corrected chi connectivity index (χ1v) is 9.92. The van der Waals surface area contributed by atoms with Crippen LogP contribution in [0.15, 0.2) is 48.7 Å². The maximum atomic E-state index is 11.9. The molecule has 0 radical (unpaired) electrons. The maximum Gasteiger partial charge on any atom is 0.250 e. The molecule has 1 amide bonds. The van der Waals surface area contributed by atoms with Gasteiger partial charge in [-0.1, -0.05) is 24.3 Å². The van der Waals surface area contributed by atoms with Gasteiger partial charge in [-0.15, -0.1) is 0 Å². The van der Waals surface area contributed by atoms with Crippen molar-refractivity contribution in [2.24, 2.45) is 5.73 Å². The SMILES string of the molecule is CCOc1ccc(C(CNC)Nc2c(COC)cnc3c(C(N)=O)cccc23)cc1. The molecule has 0 fully saturated rings. The highest BCUT2D eigenvalue weighted by Crippen LogP contribution is 2.32. The quantitative estimate of drug-likeness (QED) is 0.476. The predicted octanol–water partition coefficient (Wildman–Crippen LogP) is 3.25. The highest BCUT2D eigenvalue weighted by atomic mass is 16.5. The van der Waals surface area contributed by atoms with Gasteiger partial charge in [-0.25, -0.2) is 0 Å². The summed E-state index contributed by atoms with van der Waals surface area (Å²) in [4.78, 5) is 16.4. The summed E-state index contributed by atoms with van der Waals surface area (Å²) < 4.78 is 10.9. The number of primary amides is 1. The molecule has 0 saturated heterocycles. The van der Waals surface area contributed by atoms with Crippen molar-refractivity contribution in [3.63, 3.8) is 0 Å². The number of hydrogen-bond acceptors (Lipinski definition) is 6. The normalized spacial score (nSPS) is 12.0. The van der Waals surface area contributed by atoms with E-state index in [1.54, 1.807) is 19.4 Å². The lowest BCUT2D eigenvalue weighted by Crippen LogP contribution is -2.24. The molecule has 30 heavy (non-hydrogen) atoms. The van der Waals surface area contributed by atoms with Crippen molar-refractivity contribution in [1.82, 2.24) is 10.3 Å². The molecular weight excluding hydrogens is 380 g/mol. The Bertz CT molecular complexity index is 1010. The van der Waals surface area contributed by atoms with Crippen molar-refractivity contribution in [3.05, 3.63) is 65.4 Å². The van der Waals surface area contributed by atoms with Gasteiger partial charge >= 0.3 is 0 Å². The average Bonchev–Trinajstić information content (AvgIpc) is 2.75. The summed E-state index contributed by atoms with van der Waals surface area (Å²) in [5, 5.41) is 7.70. The maximum absolute atomic E-state index is 11.9. The van der Waals surface area contributed by atoms with Gasteiger partial charge in [-0.05, 0) is 37.7 Å². The van der Waals surface area contributed by atoms with Crippen LogP contribution in [0.5, 0.6) is 5.75 Å². The van der Waals surface area contributed by atoms with Gasteiger partial charge in [0, 0.05) is 30.8 Å². The minimum absolute atomic E-state index is 0.0240. The highest BCUT2D eigenvalue weighted by molar-refractivity contribution is 6.08. The molecule has 0 aliphatic rings. The highest BCUT2D eigenvalue weighted by Gasteiger charge is 2.18. The number of aromatic nitrogens is 1. The van der Waals surface area contributed by atoms with Crippen molar-refractivity contribution >= 4 is 22.5 Å². The molecule has 3 aromatic rings. The van der Waals surface area contributed by atoms with Crippen LogP contribution in [0.25, 0.3) is 10.9 Å². The number of fused-ring (bicyclic) bond motifs is 1. The predicted molar refractivity (Wildman–Crippen MR) is 119 cm³/mol. The van der Waals surface area contributed by atoms with E-state index in [1.807, 2.05) is 50.4 Å². The summed E-state index contributed by atoms with van der Waals surface area (Å²) in [5.74, 6) is 0.335. The van der Waals surface area contributed by atoms with E-state index in [0.717, 1.165) is 28.0 Å². The zero-order valence-electron chi connectivity index (χ0n) is 17.6. The minimum atomic E-state index is -0.503. The summed E-state index contributed by atoms with van der Waals surface area (Å²) in [6.07, 6.45) is 1.73. The van der Waals surface area contributed by atoms with Crippen molar-refractivity contribution in [1.29, 1.82) is 0 Å². The second-order valence-electron chi connectivity index (χ2n) is 6.91. The zero-order valence-corrected chi connectivity index (χ0v) is 17.6. The lowest BCUT2D eigenvalue weighted by atomic mass is 10.0. The van der Waals surface area contributed by atoms with Crippen LogP contribution in [0.3, 0.4) is 0 Å². The van der Waals surface area contributed by atoms with Crippen LogP contribution in [0, 0.1) is 0 Å². The van der Waals surface area contributed by atoms with E-state index in [0.29, 0.717) is 30.8 Å². The van der Waals surface area contributed by atoms with Crippen LogP contribution in [0.4, 0.5) is 5.69 Å². The molecule has 0 bridgehead atoms. The minimum Gasteiger partial charge on any atom is -0.494 e. The molecule has 1 aromatic heterocycles. The van der Waals surface area contributed by atoms with E-state index in [4.69, 9.17) is 15.2 Å². The standard InChI is InChI=1S/C23H28N4O3/c1-4-30-17-10-8-15(9-11-17)20(13-25-2)27-21-16(14-29-3)12-26-22-18(21)6-5-7-19(22)23(24)28/h5-12,20,25H,4,13-14H2,1-3H3,(H2,24,28)(H,26,27). The third-order valence-electron chi connectivity index (χ3n) is 4.86. The molecule has 0 aliphatic heterocycles. The monoisotopic (exact) mass is 408 g/mol. The Morgan fingerprint density at radius 1 is 1.20 bits per heavy atom. The number of amides is 1. The number of carbonyl (C=O) groups excluding carboxylic acids is 1. The molecule has 158 valence electrons. The van der Waals surface area contributed by atoms with Crippen LogP contribution in [0.1, 0.15) is 34.5 Å². The van der Waals surface area contributed by atoms with Crippen LogP contribution in [-0.2, 0) is 11.3 Å². The van der Waals surface area contributed by atoms with E-state index in [2.05, 4.69) is 15.6 Å². The summed E-state index contributed by atoms with van der Waals surface area (Å²) in [5.41, 5.74) is 9.40. The third kappa shape index (κ3) is 4.69.